The van der Waals surface area contributed by atoms with E-state index >= 15 is 0 Å². The van der Waals surface area contributed by atoms with Crippen molar-refractivity contribution in [3.8, 4) is 0 Å². The number of hydrogen-bond acceptors (Lipinski definition) is 1. The molecule has 20 heavy (non-hydrogen) atoms. The maximum atomic E-state index is 5.87. The topological polar surface area (TPSA) is 66.2 Å². The fraction of sp³-hybridized carbons (Fsp3) is 0.0625. The van der Waals surface area contributed by atoms with Crippen LogP contribution in [-0.4, -0.2) is 10.9 Å². The summed E-state index contributed by atoms with van der Waals surface area (Å²) in [6.07, 6.45) is 0. The summed E-state index contributed by atoms with van der Waals surface area (Å²) >= 11 is 0. The molecule has 3 rings (SSSR count). The van der Waals surface area contributed by atoms with E-state index < -0.39 is 0 Å². The van der Waals surface area contributed by atoms with Crippen LogP contribution in [0, 0.1) is 0 Å². The highest BCUT2D eigenvalue weighted by Gasteiger charge is 1.99. The first-order valence-corrected chi connectivity index (χ1v) is 6.50. The quantitative estimate of drug-likeness (QED) is 0.502. The van der Waals surface area contributed by atoms with E-state index in [1.807, 2.05) is 48.5 Å². The van der Waals surface area contributed by atoms with Gasteiger partial charge in [-0.05, 0) is 29.7 Å². The monoisotopic (exact) mass is 264 g/mol. The number of nitrogens with two attached hydrogens (primary N) is 1. The molecule has 1 aromatic heterocycles. The number of guanidine groups is 1. The molecule has 0 aliphatic carbocycles. The number of nitrogens with zero attached hydrogens (tertiary/aromatic N) is 1. The predicted octanol–water partition coefficient (Wildman–Crippen LogP) is 3.09. The minimum absolute atomic E-state index is 0.412. The molecule has 4 nitrogen and oxygen atoms in total. The van der Waals surface area contributed by atoms with Gasteiger partial charge >= 0.3 is 0 Å². The molecule has 0 unspecified atom stereocenters. The Morgan fingerprint density at radius 1 is 1.05 bits per heavy atom. The fourth-order valence-corrected chi connectivity index (χ4v) is 2.10. The third-order valence-corrected chi connectivity index (χ3v) is 3.05. The average molecular weight is 264 g/mol. The Hall–Kier alpha value is -2.75. The standard InChI is InChI=1S/C16H16N4/c17-16(20-13-7-2-1-3-8-13)18-11-14-10-12-6-4-5-9-15(12)19-14/h1-10,19H,11H2,(H3,17,18,20). The lowest BCUT2D eigenvalue weighted by molar-refractivity contribution is 1.01. The van der Waals surface area contributed by atoms with Crippen molar-refractivity contribution in [3.63, 3.8) is 0 Å². The number of aromatic amines is 1. The number of H-pyrrole nitrogens is 1. The third-order valence-electron chi connectivity index (χ3n) is 3.05. The van der Waals surface area contributed by atoms with Gasteiger partial charge in [0.2, 0.25) is 0 Å². The second kappa shape index (κ2) is 5.48. The van der Waals surface area contributed by atoms with E-state index in [2.05, 4.69) is 27.4 Å². The maximum Gasteiger partial charge on any atom is 0.193 e. The minimum atomic E-state index is 0.412. The van der Waals surface area contributed by atoms with Crippen LogP contribution in [0.2, 0.25) is 0 Å². The lowest BCUT2D eigenvalue weighted by Gasteiger charge is -2.04. The third kappa shape index (κ3) is 2.80. The number of para-hydroxylation sites is 2. The van der Waals surface area contributed by atoms with Crippen molar-refractivity contribution in [1.82, 2.24) is 4.98 Å². The molecule has 0 amide bonds. The van der Waals surface area contributed by atoms with Crippen molar-refractivity contribution in [3.05, 3.63) is 66.4 Å². The van der Waals surface area contributed by atoms with Gasteiger partial charge in [-0.3, -0.25) is 0 Å². The Morgan fingerprint density at radius 3 is 2.60 bits per heavy atom. The predicted molar refractivity (Wildman–Crippen MR) is 83.7 cm³/mol. The van der Waals surface area contributed by atoms with E-state index in [0.29, 0.717) is 12.5 Å². The minimum Gasteiger partial charge on any atom is -0.370 e. The Kier molecular flexibility index (Phi) is 3.37. The molecule has 4 N–H and O–H groups in total. The van der Waals surface area contributed by atoms with Crippen molar-refractivity contribution in [2.75, 3.05) is 5.32 Å². The highest BCUT2D eigenvalue weighted by atomic mass is 15.1. The summed E-state index contributed by atoms with van der Waals surface area (Å²) in [5.74, 6) is 0.412. The molecule has 3 aromatic rings. The molecule has 0 fully saturated rings. The van der Waals surface area contributed by atoms with Crippen LogP contribution in [0.5, 0.6) is 0 Å². The van der Waals surface area contributed by atoms with Crippen molar-refractivity contribution in [1.29, 1.82) is 0 Å². The number of nitrogens with one attached hydrogen (secondary N) is 2. The van der Waals surface area contributed by atoms with Gasteiger partial charge in [0.1, 0.15) is 0 Å². The second-order valence-corrected chi connectivity index (χ2v) is 4.57. The van der Waals surface area contributed by atoms with Crippen LogP contribution in [0.25, 0.3) is 10.9 Å². The van der Waals surface area contributed by atoms with Gasteiger partial charge in [-0.15, -0.1) is 0 Å². The van der Waals surface area contributed by atoms with E-state index in [0.717, 1.165) is 16.9 Å². The number of fused-ring (bicyclic) bond motifs is 1. The zero-order valence-electron chi connectivity index (χ0n) is 11.0. The van der Waals surface area contributed by atoms with Crippen LogP contribution in [0.15, 0.2) is 65.7 Å². The van der Waals surface area contributed by atoms with Crippen molar-refractivity contribution in [2.45, 2.75) is 6.54 Å². The molecule has 0 atom stereocenters. The van der Waals surface area contributed by atoms with Gasteiger partial charge in [-0.25, -0.2) is 4.99 Å². The first-order chi connectivity index (χ1) is 9.81. The number of hydrogen-bond donors (Lipinski definition) is 3. The number of anilines is 1. The summed E-state index contributed by atoms with van der Waals surface area (Å²) in [6, 6.07) is 20.0. The van der Waals surface area contributed by atoms with Gasteiger partial charge in [0.15, 0.2) is 5.96 Å². The lowest BCUT2D eigenvalue weighted by Crippen LogP contribution is -2.22. The number of rotatable bonds is 3. The van der Waals surface area contributed by atoms with Crippen molar-refractivity contribution < 1.29 is 0 Å². The molecule has 100 valence electrons. The van der Waals surface area contributed by atoms with Gasteiger partial charge in [-0.2, -0.15) is 0 Å². The zero-order valence-corrected chi connectivity index (χ0v) is 11.0. The normalized spacial score (nSPS) is 11.7. The highest BCUT2D eigenvalue weighted by Crippen LogP contribution is 2.15. The zero-order chi connectivity index (χ0) is 13.8. The Labute approximate surface area is 117 Å². The van der Waals surface area contributed by atoms with E-state index in [4.69, 9.17) is 5.73 Å². The summed E-state index contributed by atoms with van der Waals surface area (Å²) in [4.78, 5) is 7.66. The van der Waals surface area contributed by atoms with E-state index in [9.17, 15) is 0 Å². The average Bonchev–Trinajstić information content (AvgIpc) is 2.89. The summed E-state index contributed by atoms with van der Waals surface area (Å²) in [5, 5.41) is 4.25. The van der Waals surface area contributed by atoms with E-state index in [1.165, 1.54) is 5.39 Å². The van der Waals surface area contributed by atoms with Gasteiger partial charge in [0, 0.05) is 16.9 Å². The highest BCUT2D eigenvalue weighted by molar-refractivity contribution is 5.92. The van der Waals surface area contributed by atoms with Crippen LogP contribution in [0.1, 0.15) is 5.69 Å². The molecule has 4 heteroatoms. The maximum absolute atomic E-state index is 5.87. The second-order valence-electron chi connectivity index (χ2n) is 4.57. The van der Waals surface area contributed by atoms with Crippen molar-refractivity contribution in [2.24, 2.45) is 10.7 Å². The van der Waals surface area contributed by atoms with Crippen LogP contribution in [0.4, 0.5) is 5.69 Å². The van der Waals surface area contributed by atoms with Gasteiger partial charge in [0.05, 0.1) is 6.54 Å². The summed E-state index contributed by atoms with van der Waals surface area (Å²) in [5.41, 5.74) is 8.97. The molecule has 0 aliphatic rings. The Bertz CT molecular complexity index is 695. The molecular formula is C16H16N4. The van der Waals surface area contributed by atoms with E-state index in [1.54, 1.807) is 0 Å². The fourth-order valence-electron chi connectivity index (χ4n) is 2.10. The molecule has 0 spiro atoms. The largest absolute Gasteiger partial charge is 0.370 e. The summed E-state index contributed by atoms with van der Waals surface area (Å²) in [6.45, 7) is 0.528. The van der Waals surface area contributed by atoms with Crippen molar-refractivity contribution >= 4 is 22.5 Å². The SMILES string of the molecule is NC(=NCc1cc2ccccc2[nH]1)Nc1ccccc1. The van der Waals surface area contributed by atoms with Crippen LogP contribution < -0.4 is 11.1 Å². The van der Waals surface area contributed by atoms with Crippen LogP contribution >= 0.6 is 0 Å². The van der Waals surface area contributed by atoms with Crippen LogP contribution in [0.3, 0.4) is 0 Å². The number of aliphatic imine (C=N–C) groups is 1. The summed E-state index contributed by atoms with van der Waals surface area (Å²) in [7, 11) is 0. The molecule has 0 saturated carbocycles. The molecule has 0 bridgehead atoms. The first-order valence-electron chi connectivity index (χ1n) is 6.50. The van der Waals surface area contributed by atoms with Crippen LogP contribution in [-0.2, 0) is 6.54 Å². The molecule has 0 radical (unpaired) electrons. The summed E-state index contributed by atoms with van der Waals surface area (Å²) < 4.78 is 0. The smallest absolute Gasteiger partial charge is 0.193 e. The lowest BCUT2D eigenvalue weighted by atomic mass is 10.2. The van der Waals surface area contributed by atoms with E-state index in [-0.39, 0.29) is 0 Å². The Morgan fingerprint density at radius 2 is 1.80 bits per heavy atom. The van der Waals surface area contributed by atoms with Gasteiger partial charge in [0.25, 0.3) is 0 Å². The molecular weight excluding hydrogens is 248 g/mol. The van der Waals surface area contributed by atoms with Gasteiger partial charge < -0.3 is 16.0 Å². The van der Waals surface area contributed by atoms with Gasteiger partial charge in [-0.1, -0.05) is 36.4 Å². The molecule has 1 heterocycles. The first kappa shape index (κ1) is 12.3. The molecule has 2 aromatic carbocycles. The molecule has 0 saturated heterocycles. The number of benzene rings is 2. The molecule has 0 aliphatic heterocycles. The Balaban J connectivity index is 1.69. The number of aromatic nitrogens is 1.